The van der Waals surface area contributed by atoms with Crippen LogP contribution in [-0.4, -0.2) is 39.5 Å². The van der Waals surface area contributed by atoms with Gasteiger partial charge in [-0.05, 0) is 45.1 Å². The van der Waals surface area contributed by atoms with Gasteiger partial charge in [0, 0.05) is 36.8 Å². The number of rotatable bonds is 4. The molecule has 3 aliphatic rings. The number of hydrogen-bond acceptors (Lipinski definition) is 4. The fourth-order valence-corrected chi connectivity index (χ4v) is 3.28. The van der Waals surface area contributed by atoms with Crippen molar-refractivity contribution in [1.82, 2.24) is 14.9 Å². The van der Waals surface area contributed by atoms with Gasteiger partial charge < -0.3 is 5.32 Å². The number of likely N-dealkylation sites (tertiary alicyclic amines) is 1. The minimum Gasteiger partial charge on any atom is -0.366 e. The highest BCUT2D eigenvalue weighted by molar-refractivity contribution is 5.36. The molecule has 2 atom stereocenters. The summed E-state index contributed by atoms with van der Waals surface area (Å²) in [6.45, 7) is 3.53. The molecule has 0 radical (unpaired) electrons. The van der Waals surface area contributed by atoms with Crippen LogP contribution in [0.15, 0.2) is 12.3 Å². The molecule has 4 rings (SSSR count). The van der Waals surface area contributed by atoms with Crippen LogP contribution in [0.2, 0.25) is 0 Å². The summed E-state index contributed by atoms with van der Waals surface area (Å²) in [6.07, 6.45) is 8.46. The van der Waals surface area contributed by atoms with E-state index in [1.807, 2.05) is 12.3 Å². The maximum absolute atomic E-state index is 4.67. The first-order chi connectivity index (χ1) is 9.29. The molecule has 1 N–H and O–H groups in total. The molecule has 2 unspecified atom stereocenters. The molecule has 19 heavy (non-hydrogen) atoms. The first-order valence-electron chi connectivity index (χ1n) is 7.65. The molecule has 0 spiro atoms. The summed E-state index contributed by atoms with van der Waals surface area (Å²) in [6, 6.07) is 4.15. The minimum absolute atomic E-state index is 0.553. The molecule has 102 valence electrons. The van der Waals surface area contributed by atoms with E-state index in [4.69, 9.17) is 0 Å². The minimum atomic E-state index is 0.553. The molecular formula is C15H22N4. The van der Waals surface area contributed by atoms with Crippen molar-refractivity contribution >= 4 is 5.82 Å². The molecule has 1 aliphatic heterocycles. The van der Waals surface area contributed by atoms with Gasteiger partial charge in [0.25, 0.3) is 0 Å². The Morgan fingerprint density at radius 3 is 2.84 bits per heavy atom. The average Bonchev–Trinajstić information content (AvgIpc) is 3.29. The largest absolute Gasteiger partial charge is 0.366 e. The van der Waals surface area contributed by atoms with Crippen LogP contribution in [0, 0.1) is 0 Å². The SMILES string of the molecule is CC1CC(Nc2ccnc(C3CC3)n2)CN1C1CC1. The van der Waals surface area contributed by atoms with Crippen molar-refractivity contribution in [3.8, 4) is 0 Å². The Hall–Kier alpha value is -1.16. The maximum atomic E-state index is 4.67. The van der Waals surface area contributed by atoms with Gasteiger partial charge in [0.1, 0.15) is 11.6 Å². The van der Waals surface area contributed by atoms with Crippen LogP contribution in [0.25, 0.3) is 0 Å². The maximum Gasteiger partial charge on any atom is 0.133 e. The van der Waals surface area contributed by atoms with Gasteiger partial charge in [-0.3, -0.25) is 4.90 Å². The van der Waals surface area contributed by atoms with Gasteiger partial charge in [-0.25, -0.2) is 9.97 Å². The van der Waals surface area contributed by atoms with E-state index in [-0.39, 0.29) is 0 Å². The fraction of sp³-hybridized carbons (Fsp3) is 0.733. The predicted octanol–water partition coefficient (Wildman–Crippen LogP) is 2.39. The summed E-state index contributed by atoms with van der Waals surface area (Å²) in [7, 11) is 0. The lowest BCUT2D eigenvalue weighted by molar-refractivity contribution is 0.257. The van der Waals surface area contributed by atoms with E-state index in [0.717, 1.165) is 23.7 Å². The molecule has 0 bridgehead atoms. The first kappa shape index (κ1) is 11.6. The smallest absolute Gasteiger partial charge is 0.133 e. The fourth-order valence-electron chi connectivity index (χ4n) is 3.28. The van der Waals surface area contributed by atoms with Crippen molar-refractivity contribution < 1.29 is 0 Å². The van der Waals surface area contributed by atoms with Crippen molar-refractivity contribution in [2.75, 3.05) is 11.9 Å². The Bertz CT molecular complexity index is 467. The Morgan fingerprint density at radius 1 is 1.26 bits per heavy atom. The van der Waals surface area contributed by atoms with Crippen LogP contribution >= 0.6 is 0 Å². The molecule has 4 nitrogen and oxygen atoms in total. The third kappa shape index (κ3) is 2.46. The third-order valence-corrected chi connectivity index (χ3v) is 4.61. The van der Waals surface area contributed by atoms with E-state index in [0.29, 0.717) is 12.0 Å². The van der Waals surface area contributed by atoms with Crippen molar-refractivity contribution in [2.45, 2.75) is 63.1 Å². The highest BCUT2D eigenvalue weighted by atomic mass is 15.3. The summed E-state index contributed by atoms with van der Waals surface area (Å²) < 4.78 is 0. The van der Waals surface area contributed by atoms with Crippen LogP contribution in [0.1, 0.15) is 50.8 Å². The first-order valence-corrected chi connectivity index (χ1v) is 7.65. The van der Waals surface area contributed by atoms with E-state index < -0.39 is 0 Å². The van der Waals surface area contributed by atoms with Gasteiger partial charge >= 0.3 is 0 Å². The van der Waals surface area contributed by atoms with E-state index in [2.05, 4.69) is 27.1 Å². The van der Waals surface area contributed by atoms with Crippen molar-refractivity contribution in [3.05, 3.63) is 18.1 Å². The molecule has 4 heteroatoms. The van der Waals surface area contributed by atoms with Gasteiger partial charge in [-0.1, -0.05) is 0 Å². The van der Waals surface area contributed by atoms with Crippen molar-refractivity contribution in [2.24, 2.45) is 0 Å². The number of hydrogen-bond donors (Lipinski definition) is 1. The number of anilines is 1. The lowest BCUT2D eigenvalue weighted by Gasteiger charge is -2.19. The highest BCUT2D eigenvalue weighted by Crippen LogP contribution is 2.38. The van der Waals surface area contributed by atoms with Crippen molar-refractivity contribution in [3.63, 3.8) is 0 Å². The molecule has 2 aliphatic carbocycles. The lowest BCUT2D eigenvalue weighted by Crippen LogP contribution is -2.31. The van der Waals surface area contributed by atoms with Gasteiger partial charge in [-0.2, -0.15) is 0 Å². The summed E-state index contributed by atoms with van der Waals surface area (Å²) >= 11 is 0. The molecule has 1 aromatic rings. The third-order valence-electron chi connectivity index (χ3n) is 4.61. The standard InChI is InChI=1S/C15H22N4/c1-10-8-12(9-19(10)13-4-5-13)17-14-6-7-16-15(18-14)11-2-3-11/h6-7,10-13H,2-5,8-9H2,1H3,(H,16,17,18). The van der Waals surface area contributed by atoms with E-state index in [9.17, 15) is 0 Å². The molecule has 1 saturated heterocycles. The zero-order chi connectivity index (χ0) is 12.8. The van der Waals surface area contributed by atoms with E-state index >= 15 is 0 Å². The molecule has 0 aromatic carbocycles. The number of nitrogens with one attached hydrogen (secondary N) is 1. The molecule has 3 fully saturated rings. The Labute approximate surface area is 114 Å². The quantitative estimate of drug-likeness (QED) is 0.900. The molecule has 0 amide bonds. The molecule has 2 saturated carbocycles. The average molecular weight is 258 g/mol. The Kier molecular flexibility index (Phi) is 2.72. The molecule has 2 heterocycles. The van der Waals surface area contributed by atoms with Crippen molar-refractivity contribution in [1.29, 1.82) is 0 Å². The van der Waals surface area contributed by atoms with Gasteiger partial charge in [0.2, 0.25) is 0 Å². The Balaban J connectivity index is 1.42. The predicted molar refractivity (Wildman–Crippen MR) is 75.2 cm³/mol. The Morgan fingerprint density at radius 2 is 2.11 bits per heavy atom. The van der Waals surface area contributed by atoms with E-state index in [1.54, 1.807) is 0 Å². The second-order valence-corrected chi connectivity index (χ2v) is 6.43. The van der Waals surface area contributed by atoms with Gasteiger partial charge in [-0.15, -0.1) is 0 Å². The molecule has 1 aromatic heterocycles. The number of nitrogens with zero attached hydrogens (tertiary/aromatic N) is 3. The topological polar surface area (TPSA) is 41.1 Å². The van der Waals surface area contributed by atoms with Crippen LogP contribution < -0.4 is 5.32 Å². The molecular weight excluding hydrogens is 236 g/mol. The zero-order valence-corrected chi connectivity index (χ0v) is 11.5. The van der Waals surface area contributed by atoms with Crippen LogP contribution in [0.3, 0.4) is 0 Å². The van der Waals surface area contributed by atoms with Crippen LogP contribution in [0.4, 0.5) is 5.82 Å². The number of aromatic nitrogens is 2. The van der Waals surface area contributed by atoms with E-state index in [1.165, 1.54) is 38.6 Å². The summed E-state index contributed by atoms with van der Waals surface area (Å²) in [5, 5.41) is 3.61. The van der Waals surface area contributed by atoms with Gasteiger partial charge in [0.15, 0.2) is 0 Å². The highest BCUT2D eigenvalue weighted by Gasteiger charge is 2.38. The summed E-state index contributed by atoms with van der Waals surface area (Å²) in [5.41, 5.74) is 0. The lowest BCUT2D eigenvalue weighted by atomic mass is 10.2. The second-order valence-electron chi connectivity index (χ2n) is 6.43. The monoisotopic (exact) mass is 258 g/mol. The van der Waals surface area contributed by atoms with Gasteiger partial charge in [0.05, 0.1) is 0 Å². The normalized spacial score (nSPS) is 31.6. The summed E-state index contributed by atoms with van der Waals surface area (Å²) in [5.74, 6) is 2.69. The second kappa shape index (κ2) is 4.44. The summed E-state index contributed by atoms with van der Waals surface area (Å²) in [4.78, 5) is 11.7. The van der Waals surface area contributed by atoms with Crippen LogP contribution in [-0.2, 0) is 0 Å². The zero-order valence-electron chi connectivity index (χ0n) is 11.5. The van der Waals surface area contributed by atoms with Crippen LogP contribution in [0.5, 0.6) is 0 Å².